The summed E-state index contributed by atoms with van der Waals surface area (Å²) in [5.41, 5.74) is 0.831. The summed E-state index contributed by atoms with van der Waals surface area (Å²) in [7, 11) is 1.43. The molecule has 0 fully saturated rings. The molecule has 21 heavy (non-hydrogen) atoms. The zero-order valence-electron chi connectivity index (χ0n) is 11.6. The van der Waals surface area contributed by atoms with Crippen molar-refractivity contribution in [2.24, 2.45) is 0 Å². The Labute approximate surface area is 121 Å². The van der Waals surface area contributed by atoms with Gasteiger partial charge in [0.2, 0.25) is 11.8 Å². The van der Waals surface area contributed by atoms with Crippen LogP contribution in [-0.4, -0.2) is 43.2 Å². The lowest BCUT2D eigenvalue weighted by Gasteiger charge is -2.12. The molecule has 0 radical (unpaired) electrons. The molecule has 0 atom stereocenters. The highest BCUT2D eigenvalue weighted by Crippen LogP contribution is 2.27. The molecular formula is C13H16N2O6. The fourth-order valence-corrected chi connectivity index (χ4v) is 1.50. The average Bonchev–Trinajstić information content (AvgIpc) is 2.37. The van der Waals surface area contributed by atoms with Crippen LogP contribution in [0.2, 0.25) is 0 Å². The zero-order valence-corrected chi connectivity index (χ0v) is 11.6. The van der Waals surface area contributed by atoms with E-state index < -0.39 is 25.1 Å². The fourth-order valence-electron chi connectivity index (χ4n) is 1.50. The van der Waals surface area contributed by atoms with Gasteiger partial charge in [0.1, 0.15) is 19.0 Å². The number of rotatable bonds is 7. The third-order valence-electron chi connectivity index (χ3n) is 2.25. The van der Waals surface area contributed by atoms with Crippen LogP contribution in [0.5, 0.6) is 5.75 Å². The Balaban J connectivity index is 2.72. The predicted molar refractivity (Wildman–Crippen MR) is 74.4 cm³/mol. The standard InChI is InChI=1S/C13H16N2O6/c1-8(16)14-9-3-4-11(20-2)10(5-9)15-12(17)6-21-7-13(18)19/h3-5H,6-7H2,1-2H3,(H,14,16)(H,15,17)(H,18,19). The summed E-state index contributed by atoms with van der Waals surface area (Å²) in [6.07, 6.45) is 0. The summed E-state index contributed by atoms with van der Waals surface area (Å²) in [4.78, 5) is 32.9. The molecule has 0 heterocycles. The molecule has 1 aromatic carbocycles. The van der Waals surface area contributed by atoms with Crippen molar-refractivity contribution < 1.29 is 29.0 Å². The van der Waals surface area contributed by atoms with Crippen molar-refractivity contribution in [3.8, 4) is 5.75 Å². The van der Waals surface area contributed by atoms with Gasteiger partial charge in [0.15, 0.2) is 0 Å². The molecule has 0 saturated heterocycles. The van der Waals surface area contributed by atoms with E-state index in [1.54, 1.807) is 12.1 Å². The van der Waals surface area contributed by atoms with E-state index in [0.717, 1.165) is 0 Å². The number of methoxy groups -OCH3 is 1. The van der Waals surface area contributed by atoms with Crippen LogP contribution in [0.15, 0.2) is 18.2 Å². The number of benzene rings is 1. The van der Waals surface area contributed by atoms with Gasteiger partial charge in [-0.25, -0.2) is 4.79 Å². The largest absolute Gasteiger partial charge is 0.495 e. The van der Waals surface area contributed by atoms with E-state index in [0.29, 0.717) is 17.1 Å². The number of anilines is 2. The minimum atomic E-state index is -1.16. The Bertz CT molecular complexity index is 543. The van der Waals surface area contributed by atoms with Crippen LogP contribution in [-0.2, 0) is 19.1 Å². The van der Waals surface area contributed by atoms with E-state index in [1.165, 1.54) is 20.1 Å². The van der Waals surface area contributed by atoms with E-state index in [2.05, 4.69) is 15.4 Å². The molecular weight excluding hydrogens is 280 g/mol. The van der Waals surface area contributed by atoms with Gasteiger partial charge < -0.3 is 25.2 Å². The van der Waals surface area contributed by atoms with Crippen molar-refractivity contribution in [3.63, 3.8) is 0 Å². The van der Waals surface area contributed by atoms with Gasteiger partial charge in [0, 0.05) is 12.6 Å². The smallest absolute Gasteiger partial charge is 0.329 e. The number of ether oxygens (including phenoxy) is 2. The summed E-state index contributed by atoms with van der Waals surface area (Å²) >= 11 is 0. The van der Waals surface area contributed by atoms with Gasteiger partial charge in [-0.3, -0.25) is 9.59 Å². The first-order valence-electron chi connectivity index (χ1n) is 5.97. The third kappa shape index (κ3) is 5.91. The summed E-state index contributed by atoms with van der Waals surface area (Å²) in [6.45, 7) is 0.401. The molecule has 1 rings (SSSR count). The van der Waals surface area contributed by atoms with Gasteiger partial charge in [-0.2, -0.15) is 0 Å². The van der Waals surface area contributed by atoms with Crippen LogP contribution in [0, 0.1) is 0 Å². The van der Waals surface area contributed by atoms with E-state index in [9.17, 15) is 14.4 Å². The van der Waals surface area contributed by atoms with E-state index in [1.807, 2.05) is 0 Å². The van der Waals surface area contributed by atoms with Crippen LogP contribution in [0.4, 0.5) is 11.4 Å². The van der Waals surface area contributed by atoms with Gasteiger partial charge in [-0.05, 0) is 18.2 Å². The quantitative estimate of drug-likeness (QED) is 0.682. The van der Waals surface area contributed by atoms with Gasteiger partial charge in [0.05, 0.1) is 12.8 Å². The van der Waals surface area contributed by atoms with E-state index in [4.69, 9.17) is 9.84 Å². The number of hydrogen-bond donors (Lipinski definition) is 3. The van der Waals surface area contributed by atoms with Crippen molar-refractivity contribution in [3.05, 3.63) is 18.2 Å². The molecule has 0 aromatic heterocycles. The average molecular weight is 296 g/mol. The Kier molecular flexibility index (Phi) is 6.15. The topological polar surface area (TPSA) is 114 Å². The number of hydrogen-bond acceptors (Lipinski definition) is 5. The van der Waals surface area contributed by atoms with Crippen LogP contribution in [0.1, 0.15) is 6.92 Å². The SMILES string of the molecule is COc1ccc(NC(C)=O)cc1NC(=O)COCC(=O)O. The lowest BCUT2D eigenvalue weighted by atomic mass is 10.2. The second-order valence-electron chi connectivity index (χ2n) is 4.03. The lowest BCUT2D eigenvalue weighted by molar-refractivity contribution is -0.143. The Morgan fingerprint density at radius 2 is 1.90 bits per heavy atom. The number of carboxylic acid groups (broad SMARTS) is 1. The maximum absolute atomic E-state index is 11.6. The molecule has 0 unspecified atom stereocenters. The Morgan fingerprint density at radius 3 is 2.48 bits per heavy atom. The lowest BCUT2D eigenvalue weighted by Crippen LogP contribution is -2.21. The van der Waals surface area contributed by atoms with Gasteiger partial charge >= 0.3 is 5.97 Å². The monoisotopic (exact) mass is 296 g/mol. The third-order valence-corrected chi connectivity index (χ3v) is 2.25. The number of nitrogens with one attached hydrogen (secondary N) is 2. The number of carbonyl (C=O) groups is 3. The Hall–Kier alpha value is -2.61. The van der Waals surface area contributed by atoms with Crippen molar-refractivity contribution in [1.82, 2.24) is 0 Å². The minimum absolute atomic E-state index is 0.248. The second kappa shape index (κ2) is 7.85. The number of carbonyl (C=O) groups excluding carboxylic acids is 2. The fraction of sp³-hybridized carbons (Fsp3) is 0.308. The number of carboxylic acids is 1. The van der Waals surface area contributed by atoms with Gasteiger partial charge in [0.25, 0.3) is 0 Å². The molecule has 0 saturated carbocycles. The normalized spacial score (nSPS) is 9.81. The minimum Gasteiger partial charge on any atom is -0.495 e. The van der Waals surface area contributed by atoms with E-state index >= 15 is 0 Å². The van der Waals surface area contributed by atoms with E-state index in [-0.39, 0.29) is 5.91 Å². The predicted octanol–water partition coefficient (Wildman–Crippen LogP) is 0.693. The highest BCUT2D eigenvalue weighted by atomic mass is 16.5. The maximum atomic E-state index is 11.6. The molecule has 3 N–H and O–H groups in total. The van der Waals surface area contributed by atoms with Gasteiger partial charge in [-0.15, -0.1) is 0 Å². The first-order valence-corrected chi connectivity index (χ1v) is 5.97. The van der Waals surface area contributed by atoms with Gasteiger partial charge in [-0.1, -0.05) is 0 Å². The first kappa shape index (κ1) is 16.4. The molecule has 0 spiro atoms. The highest BCUT2D eigenvalue weighted by Gasteiger charge is 2.10. The maximum Gasteiger partial charge on any atom is 0.329 e. The summed E-state index contributed by atoms with van der Waals surface area (Å²) in [5, 5.41) is 13.5. The molecule has 8 nitrogen and oxygen atoms in total. The first-order chi connectivity index (χ1) is 9.92. The van der Waals surface area contributed by atoms with Crippen molar-refractivity contribution >= 4 is 29.2 Å². The molecule has 2 amide bonds. The van der Waals surface area contributed by atoms with Crippen molar-refractivity contribution in [1.29, 1.82) is 0 Å². The molecule has 0 bridgehead atoms. The van der Waals surface area contributed by atoms with Crippen LogP contribution in [0.25, 0.3) is 0 Å². The summed E-state index contributed by atoms with van der Waals surface area (Å²) < 4.78 is 9.76. The molecule has 1 aromatic rings. The van der Waals surface area contributed by atoms with Crippen molar-refractivity contribution in [2.75, 3.05) is 31.0 Å². The second-order valence-corrected chi connectivity index (χ2v) is 4.03. The molecule has 8 heteroatoms. The van der Waals surface area contributed by atoms with Crippen molar-refractivity contribution in [2.45, 2.75) is 6.92 Å². The molecule has 114 valence electrons. The number of aliphatic carboxylic acids is 1. The summed E-state index contributed by atoms with van der Waals surface area (Å²) in [6, 6.07) is 4.73. The Morgan fingerprint density at radius 1 is 1.19 bits per heavy atom. The number of amides is 2. The zero-order chi connectivity index (χ0) is 15.8. The van der Waals surface area contributed by atoms with Crippen LogP contribution < -0.4 is 15.4 Å². The molecule has 0 aliphatic carbocycles. The molecule has 0 aliphatic rings. The van der Waals surface area contributed by atoms with Crippen LogP contribution in [0.3, 0.4) is 0 Å². The highest BCUT2D eigenvalue weighted by molar-refractivity contribution is 5.95. The molecule has 0 aliphatic heterocycles. The summed E-state index contributed by atoms with van der Waals surface area (Å²) in [5.74, 6) is -1.54. The van der Waals surface area contributed by atoms with Crippen LogP contribution >= 0.6 is 0 Å².